The highest BCUT2D eigenvalue weighted by atomic mass is 32.1. The molecule has 9 heteroatoms. The average Bonchev–Trinajstić information content (AvgIpc) is 3.12. The number of anilines is 2. The molecule has 2 aromatic carbocycles. The highest BCUT2D eigenvalue weighted by Gasteiger charge is 2.16. The number of fused-ring (bicyclic) bond motifs is 1. The number of benzene rings is 2. The normalized spacial score (nSPS) is 10.4. The molecule has 3 aromatic rings. The van der Waals surface area contributed by atoms with Gasteiger partial charge in [0.15, 0.2) is 6.61 Å². The Bertz CT molecular complexity index is 1100. The Balaban J connectivity index is 1.65. The van der Waals surface area contributed by atoms with Crippen LogP contribution in [0.5, 0.6) is 5.75 Å². The number of methoxy groups -OCH3 is 1. The Kier molecular flexibility index (Phi) is 6.08. The van der Waals surface area contributed by atoms with Gasteiger partial charge in [-0.1, -0.05) is 6.07 Å². The van der Waals surface area contributed by atoms with Gasteiger partial charge < -0.3 is 20.1 Å². The maximum absolute atomic E-state index is 13.8. The van der Waals surface area contributed by atoms with Gasteiger partial charge in [0.25, 0.3) is 5.91 Å². The van der Waals surface area contributed by atoms with Crippen molar-refractivity contribution in [3.8, 4) is 5.75 Å². The minimum Gasteiger partial charge on any atom is -0.495 e. The van der Waals surface area contributed by atoms with Crippen molar-refractivity contribution in [2.75, 3.05) is 24.4 Å². The SMILES string of the molecule is COc1ccc(NC(C)=O)cc1NC(=O)COC(=O)c1cc2c(F)cccc2s1. The van der Waals surface area contributed by atoms with E-state index in [0.29, 0.717) is 27.2 Å². The third-order valence-electron chi connectivity index (χ3n) is 3.84. The smallest absolute Gasteiger partial charge is 0.348 e. The van der Waals surface area contributed by atoms with Crippen LogP contribution in [0.4, 0.5) is 15.8 Å². The summed E-state index contributed by atoms with van der Waals surface area (Å²) >= 11 is 1.08. The van der Waals surface area contributed by atoms with E-state index in [1.807, 2.05) is 0 Å². The number of halogens is 1. The fourth-order valence-corrected chi connectivity index (χ4v) is 3.57. The molecule has 0 fully saturated rings. The van der Waals surface area contributed by atoms with Gasteiger partial charge in [-0.05, 0) is 36.4 Å². The number of carbonyl (C=O) groups excluding carboxylic acids is 3. The number of thiophene rings is 1. The zero-order chi connectivity index (χ0) is 21.0. The van der Waals surface area contributed by atoms with Crippen LogP contribution in [0, 0.1) is 5.82 Å². The molecular weight excluding hydrogens is 399 g/mol. The summed E-state index contributed by atoms with van der Waals surface area (Å²) in [6, 6.07) is 10.7. The average molecular weight is 416 g/mol. The molecule has 0 spiro atoms. The van der Waals surface area contributed by atoms with Crippen LogP contribution in [-0.2, 0) is 14.3 Å². The van der Waals surface area contributed by atoms with E-state index >= 15 is 0 Å². The number of ether oxygens (including phenoxy) is 2. The summed E-state index contributed by atoms with van der Waals surface area (Å²) in [5.74, 6) is -1.63. The summed E-state index contributed by atoms with van der Waals surface area (Å²) in [6.45, 7) is 0.824. The van der Waals surface area contributed by atoms with E-state index in [1.54, 1.807) is 24.3 Å². The lowest BCUT2D eigenvalue weighted by Crippen LogP contribution is -2.21. The van der Waals surface area contributed by atoms with E-state index in [0.717, 1.165) is 11.3 Å². The summed E-state index contributed by atoms with van der Waals surface area (Å²) in [7, 11) is 1.43. The second kappa shape index (κ2) is 8.70. The van der Waals surface area contributed by atoms with Crippen LogP contribution in [0.3, 0.4) is 0 Å². The van der Waals surface area contributed by atoms with Gasteiger partial charge in [0, 0.05) is 22.7 Å². The van der Waals surface area contributed by atoms with E-state index in [-0.39, 0.29) is 10.8 Å². The first-order chi connectivity index (χ1) is 13.9. The molecule has 0 saturated carbocycles. The first-order valence-corrected chi connectivity index (χ1v) is 9.29. The van der Waals surface area contributed by atoms with Crippen molar-refractivity contribution < 1.29 is 28.2 Å². The van der Waals surface area contributed by atoms with E-state index < -0.39 is 24.3 Å². The first kappa shape index (κ1) is 20.3. The Morgan fingerprint density at radius 1 is 1.10 bits per heavy atom. The van der Waals surface area contributed by atoms with Crippen molar-refractivity contribution >= 4 is 50.6 Å². The fraction of sp³-hybridized carbons (Fsp3) is 0.150. The lowest BCUT2D eigenvalue weighted by atomic mass is 10.2. The molecular formula is C20H17FN2O5S. The lowest BCUT2D eigenvalue weighted by molar-refractivity contribution is -0.119. The Morgan fingerprint density at radius 3 is 2.59 bits per heavy atom. The van der Waals surface area contributed by atoms with Gasteiger partial charge in [0.05, 0.1) is 12.8 Å². The van der Waals surface area contributed by atoms with Crippen LogP contribution in [0.1, 0.15) is 16.6 Å². The Labute approximate surface area is 169 Å². The molecule has 150 valence electrons. The second-order valence-electron chi connectivity index (χ2n) is 5.98. The van der Waals surface area contributed by atoms with Crippen LogP contribution in [-0.4, -0.2) is 31.5 Å². The predicted octanol–water partition coefficient (Wildman–Crippen LogP) is 3.80. The van der Waals surface area contributed by atoms with E-state index in [4.69, 9.17) is 9.47 Å². The topological polar surface area (TPSA) is 93.7 Å². The summed E-state index contributed by atoms with van der Waals surface area (Å²) in [5, 5.41) is 5.49. The highest BCUT2D eigenvalue weighted by molar-refractivity contribution is 7.20. The van der Waals surface area contributed by atoms with Crippen molar-refractivity contribution in [3.05, 3.63) is 53.2 Å². The lowest BCUT2D eigenvalue weighted by Gasteiger charge is -2.12. The summed E-state index contributed by atoms with van der Waals surface area (Å²) in [6.07, 6.45) is 0. The zero-order valence-corrected chi connectivity index (χ0v) is 16.4. The van der Waals surface area contributed by atoms with Crippen molar-refractivity contribution in [2.45, 2.75) is 6.92 Å². The van der Waals surface area contributed by atoms with Crippen molar-refractivity contribution in [1.82, 2.24) is 0 Å². The minimum atomic E-state index is -0.722. The molecule has 7 nitrogen and oxygen atoms in total. The number of hydrogen-bond acceptors (Lipinski definition) is 6. The van der Waals surface area contributed by atoms with Crippen LogP contribution in [0.2, 0.25) is 0 Å². The van der Waals surface area contributed by atoms with Gasteiger partial charge in [-0.25, -0.2) is 9.18 Å². The number of esters is 1. The number of rotatable bonds is 6. The Morgan fingerprint density at radius 2 is 1.90 bits per heavy atom. The van der Waals surface area contributed by atoms with E-state index in [9.17, 15) is 18.8 Å². The molecule has 0 aliphatic heterocycles. The van der Waals surface area contributed by atoms with Gasteiger partial charge in [0.2, 0.25) is 5.91 Å². The number of hydrogen-bond donors (Lipinski definition) is 2. The number of nitrogens with one attached hydrogen (secondary N) is 2. The maximum atomic E-state index is 13.8. The molecule has 2 amide bonds. The first-order valence-electron chi connectivity index (χ1n) is 8.48. The maximum Gasteiger partial charge on any atom is 0.348 e. The molecule has 0 aliphatic carbocycles. The molecule has 0 aliphatic rings. The largest absolute Gasteiger partial charge is 0.495 e. The molecule has 0 atom stereocenters. The van der Waals surface area contributed by atoms with Gasteiger partial charge in [0.1, 0.15) is 16.4 Å². The number of amides is 2. The summed E-state index contributed by atoms with van der Waals surface area (Å²) in [4.78, 5) is 35.8. The third-order valence-corrected chi connectivity index (χ3v) is 4.92. The predicted molar refractivity (Wildman–Crippen MR) is 108 cm³/mol. The molecule has 0 unspecified atom stereocenters. The van der Waals surface area contributed by atoms with Crippen molar-refractivity contribution in [3.63, 3.8) is 0 Å². The van der Waals surface area contributed by atoms with Gasteiger partial charge in [-0.15, -0.1) is 11.3 Å². The van der Waals surface area contributed by atoms with Gasteiger partial charge >= 0.3 is 5.97 Å². The van der Waals surface area contributed by atoms with Gasteiger partial charge in [-0.2, -0.15) is 0 Å². The van der Waals surface area contributed by atoms with Crippen LogP contribution < -0.4 is 15.4 Å². The Hall–Kier alpha value is -3.46. The minimum absolute atomic E-state index is 0.197. The quantitative estimate of drug-likeness (QED) is 0.596. The zero-order valence-electron chi connectivity index (χ0n) is 15.6. The molecule has 2 N–H and O–H groups in total. The highest BCUT2D eigenvalue weighted by Crippen LogP contribution is 2.29. The number of carbonyl (C=O) groups is 3. The monoisotopic (exact) mass is 416 g/mol. The fourth-order valence-electron chi connectivity index (χ4n) is 2.60. The van der Waals surface area contributed by atoms with Gasteiger partial charge in [-0.3, -0.25) is 9.59 Å². The molecule has 1 aromatic heterocycles. The standard InChI is InChI=1S/C20H17FN2O5S/c1-11(24)22-12-6-7-16(27-2)15(8-12)23-19(25)10-28-20(26)18-9-13-14(21)4-3-5-17(13)29-18/h3-9H,10H2,1-2H3,(H,22,24)(H,23,25). The molecule has 0 radical (unpaired) electrons. The van der Waals surface area contributed by atoms with E-state index in [1.165, 1.54) is 32.2 Å². The van der Waals surface area contributed by atoms with E-state index in [2.05, 4.69) is 10.6 Å². The molecule has 1 heterocycles. The molecule has 0 bridgehead atoms. The van der Waals surface area contributed by atoms with Crippen LogP contribution >= 0.6 is 11.3 Å². The summed E-state index contributed by atoms with van der Waals surface area (Å²) < 4.78 is 24.6. The van der Waals surface area contributed by atoms with Crippen molar-refractivity contribution in [1.29, 1.82) is 0 Å². The molecule has 29 heavy (non-hydrogen) atoms. The van der Waals surface area contributed by atoms with Crippen LogP contribution in [0.25, 0.3) is 10.1 Å². The van der Waals surface area contributed by atoms with Crippen molar-refractivity contribution in [2.24, 2.45) is 0 Å². The molecule has 3 rings (SSSR count). The summed E-state index contributed by atoms with van der Waals surface area (Å²) in [5.41, 5.74) is 0.779. The third kappa shape index (κ3) is 4.88. The van der Waals surface area contributed by atoms with Crippen LogP contribution in [0.15, 0.2) is 42.5 Å². The molecule has 0 saturated heterocycles. The second-order valence-corrected chi connectivity index (χ2v) is 7.07.